The van der Waals surface area contributed by atoms with E-state index in [9.17, 15) is 4.79 Å². The minimum atomic E-state index is -0.201. The van der Waals surface area contributed by atoms with E-state index in [-0.39, 0.29) is 11.9 Å². The maximum Gasteiger partial charge on any atom is 0.275 e. The minimum absolute atomic E-state index is 0.0760. The Balaban J connectivity index is 1.93. The molecule has 0 unspecified atom stereocenters. The average molecular weight is 234 g/mol. The molecule has 1 aromatic carbocycles. The first-order valence-corrected chi connectivity index (χ1v) is 6.12. The number of primary amides is 1. The number of para-hydroxylation sites is 1. The lowest BCUT2D eigenvalue weighted by Crippen LogP contribution is -3.19. The fraction of sp³-hybridized carbons (Fsp3) is 0.462. The van der Waals surface area contributed by atoms with Gasteiger partial charge in [0.25, 0.3) is 5.91 Å². The van der Waals surface area contributed by atoms with Crippen molar-refractivity contribution in [2.45, 2.75) is 13.0 Å². The van der Waals surface area contributed by atoms with Crippen LogP contribution >= 0.6 is 0 Å². The number of nitrogens with one attached hydrogen (secondary N) is 1. The normalized spacial score (nSPS) is 19.0. The van der Waals surface area contributed by atoms with Crippen LogP contribution in [0.5, 0.6) is 0 Å². The lowest BCUT2D eigenvalue weighted by atomic mass is 10.2. The summed E-state index contributed by atoms with van der Waals surface area (Å²) in [6, 6.07) is 10.3. The first-order chi connectivity index (χ1) is 8.18. The zero-order chi connectivity index (χ0) is 12.3. The Hall–Kier alpha value is -1.55. The quantitative estimate of drug-likeness (QED) is 0.724. The Morgan fingerprint density at radius 2 is 1.88 bits per heavy atom. The smallest absolute Gasteiger partial charge is 0.275 e. The third-order valence-corrected chi connectivity index (χ3v) is 3.57. The van der Waals surface area contributed by atoms with Gasteiger partial charge >= 0.3 is 0 Å². The SMILES string of the molecule is C[C@H](C(N)=O)[NH+]1CCN(c2ccccc2)CC1. The van der Waals surface area contributed by atoms with Gasteiger partial charge in [0.1, 0.15) is 0 Å². The van der Waals surface area contributed by atoms with Crippen LogP contribution in [0.15, 0.2) is 30.3 Å². The molecule has 1 heterocycles. The number of amides is 1. The largest absolute Gasteiger partial charge is 0.365 e. The molecule has 1 atom stereocenters. The Morgan fingerprint density at radius 1 is 1.29 bits per heavy atom. The predicted molar refractivity (Wildman–Crippen MR) is 68.0 cm³/mol. The zero-order valence-electron chi connectivity index (χ0n) is 10.2. The molecular formula is C13H20N3O+. The number of carbonyl (C=O) groups excluding carboxylic acids is 1. The molecule has 0 saturated carbocycles. The van der Waals surface area contributed by atoms with Crippen LogP contribution < -0.4 is 15.5 Å². The Labute approximate surface area is 102 Å². The molecule has 0 spiro atoms. The molecule has 1 aromatic rings. The molecule has 1 aliphatic heterocycles. The van der Waals surface area contributed by atoms with Crippen LogP contribution in [0.2, 0.25) is 0 Å². The topological polar surface area (TPSA) is 50.8 Å². The maximum absolute atomic E-state index is 11.1. The fourth-order valence-electron chi connectivity index (χ4n) is 2.33. The highest BCUT2D eigenvalue weighted by molar-refractivity contribution is 5.77. The molecule has 0 aromatic heterocycles. The highest BCUT2D eigenvalue weighted by Gasteiger charge is 2.27. The molecule has 1 fully saturated rings. The number of anilines is 1. The van der Waals surface area contributed by atoms with Gasteiger partial charge in [-0.05, 0) is 19.1 Å². The molecule has 0 radical (unpaired) electrons. The Morgan fingerprint density at radius 3 is 2.41 bits per heavy atom. The van der Waals surface area contributed by atoms with Crippen molar-refractivity contribution in [3.05, 3.63) is 30.3 Å². The van der Waals surface area contributed by atoms with E-state index in [1.165, 1.54) is 10.6 Å². The molecule has 1 aliphatic rings. The van der Waals surface area contributed by atoms with Crippen molar-refractivity contribution >= 4 is 11.6 Å². The van der Waals surface area contributed by atoms with Gasteiger partial charge in [0.2, 0.25) is 0 Å². The summed E-state index contributed by atoms with van der Waals surface area (Å²) in [6.45, 7) is 5.82. The van der Waals surface area contributed by atoms with Crippen molar-refractivity contribution in [2.75, 3.05) is 31.1 Å². The summed E-state index contributed by atoms with van der Waals surface area (Å²) in [6.07, 6.45) is 0. The second kappa shape index (κ2) is 5.19. The standard InChI is InChI=1S/C13H19N3O/c1-11(13(14)17)15-7-9-16(10-8-15)12-5-3-2-4-6-12/h2-6,11H,7-10H2,1H3,(H2,14,17)/p+1/t11-/m1/s1. The van der Waals surface area contributed by atoms with Crippen molar-refractivity contribution in [2.24, 2.45) is 5.73 Å². The lowest BCUT2D eigenvalue weighted by molar-refractivity contribution is -0.914. The number of nitrogens with zero attached hydrogens (tertiary/aromatic N) is 1. The summed E-state index contributed by atoms with van der Waals surface area (Å²) in [5, 5.41) is 0. The average Bonchev–Trinajstić information content (AvgIpc) is 2.39. The summed E-state index contributed by atoms with van der Waals surface area (Å²) < 4.78 is 0. The van der Waals surface area contributed by atoms with Gasteiger partial charge < -0.3 is 15.5 Å². The number of hydrogen-bond donors (Lipinski definition) is 2. The summed E-state index contributed by atoms with van der Waals surface area (Å²) in [7, 11) is 0. The van der Waals surface area contributed by atoms with Crippen LogP contribution in [-0.4, -0.2) is 38.1 Å². The third-order valence-electron chi connectivity index (χ3n) is 3.57. The van der Waals surface area contributed by atoms with Gasteiger partial charge in [-0.1, -0.05) is 18.2 Å². The fourth-order valence-corrected chi connectivity index (χ4v) is 2.33. The van der Waals surface area contributed by atoms with E-state index in [4.69, 9.17) is 5.73 Å². The molecule has 17 heavy (non-hydrogen) atoms. The molecule has 4 nitrogen and oxygen atoms in total. The summed E-state index contributed by atoms with van der Waals surface area (Å²) >= 11 is 0. The van der Waals surface area contributed by atoms with Crippen molar-refractivity contribution < 1.29 is 9.69 Å². The van der Waals surface area contributed by atoms with E-state index < -0.39 is 0 Å². The zero-order valence-corrected chi connectivity index (χ0v) is 10.2. The maximum atomic E-state index is 11.1. The molecule has 0 aliphatic carbocycles. The number of carbonyl (C=O) groups is 1. The van der Waals surface area contributed by atoms with Crippen molar-refractivity contribution in [3.8, 4) is 0 Å². The van der Waals surface area contributed by atoms with Gasteiger partial charge in [-0.3, -0.25) is 4.79 Å². The molecule has 1 amide bonds. The van der Waals surface area contributed by atoms with Crippen molar-refractivity contribution in [3.63, 3.8) is 0 Å². The lowest BCUT2D eigenvalue weighted by Gasteiger charge is -2.35. The number of hydrogen-bond acceptors (Lipinski definition) is 2. The summed E-state index contributed by atoms with van der Waals surface area (Å²) in [4.78, 5) is 14.8. The summed E-state index contributed by atoms with van der Waals surface area (Å²) in [5.41, 5.74) is 6.60. The monoisotopic (exact) mass is 234 g/mol. The first-order valence-electron chi connectivity index (χ1n) is 6.12. The van der Waals surface area contributed by atoms with Gasteiger partial charge in [-0.25, -0.2) is 0 Å². The van der Waals surface area contributed by atoms with Crippen LogP contribution in [-0.2, 0) is 4.79 Å². The number of benzene rings is 1. The molecule has 0 bridgehead atoms. The van der Waals surface area contributed by atoms with E-state index in [0.29, 0.717) is 0 Å². The van der Waals surface area contributed by atoms with Gasteiger partial charge in [0, 0.05) is 5.69 Å². The van der Waals surface area contributed by atoms with Crippen LogP contribution in [0.1, 0.15) is 6.92 Å². The van der Waals surface area contributed by atoms with Crippen LogP contribution in [0.4, 0.5) is 5.69 Å². The van der Waals surface area contributed by atoms with E-state index in [1.807, 2.05) is 13.0 Å². The Bertz CT molecular complexity index is 372. The van der Waals surface area contributed by atoms with Gasteiger partial charge in [-0.2, -0.15) is 0 Å². The minimum Gasteiger partial charge on any atom is -0.365 e. The van der Waals surface area contributed by atoms with E-state index in [0.717, 1.165) is 26.2 Å². The first kappa shape index (κ1) is 11.9. The third kappa shape index (κ3) is 2.77. The van der Waals surface area contributed by atoms with Crippen LogP contribution in [0.3, 0.4) is 0 Å². The molecular weight excluding hydrogens is 214 g/mol. The van der Waals surface area contributed by atoms with E-state index >= 15 is 0 Å². The van der Waals surface area contributed by atoms with E-state index in [2.05, 4.69) is 29.2 Å². The van der Waals surface area contributed by atoms with Gasteiger partial charge in [-0.15, -0.1) is 0 Å². The van der Waals surface area contributed by atoms with E-state index in [1.54, 1.807) is 0 Å². The molecule has 4 heteroatoms. The van der Waals surface area contributed by atoms with Gasteiger partial charge in [0.05, 0.1) is 26.2 Å². The molecule has 2 rings (SSSR count). The van der Waals surface area contributed by atoms with Crippen LogP contribution in [0, 0.1) is 0 Å². The number of rotatable bonds is 3. The number of piperazine rings is 1. The van der Waals surface area contributed by atoms with Gasteiger partial charge in [0.15, 0.2) is 6.04 Å². The molecule has 3 N–H and O–H groups in total. The van der Waals surface area contributed by atoms with Crippen molar-refractivity contribution in [1.29, 1.82) is 0 Å². The van der Waals surface area contributed by atoms with Crippen LogP contribution in [0.25, 0.3) is 0 Å². The number of quaternary nitrogens is 1. The molecule has 92 valence electrons. The highest BCUT2D eigenvalue weighted by atomic mass is 16.1. The molecule has 1 saturated heterocycles. The Kier molecular flexibility index (Phi) is 3.64. The van der Waals surface area contributed by atoms with Crippen molar-refractivity contribution in [1.82, 2.24) is 0 Å². The second-order valence-corrected chi connectivity index (χ2v) is 4.60. The summed E-state index contributed by atoms with van der Waals surface area (Å²) in [5.74, 6) is -0.201. The highest BCUT2D eigenvalue weighted by Crippen LogP contribution is 2.12. The predicted octanol–water partition coefficient (Wildman–Crippen LogP) is -0.735. The number of nitrogens with two attached hydrogens (primary N) is 1. The second-order valence-electron chi connectivity index (χ2n) is 4.60.